The van der Waals surface area contributed by atoms with Gasteiger partial charge in [0.05, 0.1) is 12.5 Å². The number of carbonyl (C=O) groups excluding carboxylic acids is 2. The normalized spacial score (nSPS) is 26.3. The average molecular weight is 214 g/mol. The molecule has 0 aliphatic carbocycles. The van der Waals surface area contributed by atoms with Crippen LogP contribution in [-0.2, 0) is 14.3 Å². The van der Waals surface area contributed by atoms with Crippen LogP contribution in [0.3, 0.4) is 0 Å². The summed E-state index contributed by atoms with van der Waals surface area (Å²) in [6, 6.07) is -0.572. The third-order valence-corrected chi connectivity index (χ3v) is 2.09. The van der Waals surface area contributed by atoms with Gasteiger partial charge < -0.3 is 15.8 Å². The molecule has 1 aliphatic heterocycles. The third kappa shape index (κ3) is 3.87. The van der Waals surface area contributed by atoms with Crippen molar-refractivity contribution in [2.45, 2.75) is 51.3 Å². The summed E-state index contributed by atoms with van der Waals surface area (Å²) < 4.78 is 5.14. The molecule has 0 aromatic heterocycles. The van der Waals surface area contributed by atoms with Gasteiger partial charge in [-0.15, -0.1) is 0 Å². The lowest BCUT2D eigenvalue weighted by atomic mass is 10.1. The van der Waals surface area contributed by atoms with Crippen molar-refractivity contribution < 1.29 is 14.3 Å². The molecule has 0 spiro atoms. The lowest BCUT2D eigenvalue weighted by Gasteiger charge is -2.21. The van der Waals surface area contributed by atoms with Crippen LogP contribution in [0.5, 0.6) is 0 Å². The zero-order chi connectivity index (χ0) is 11.6. The van der Waals surface area contributed by atoms with Gasteiger partial charge >= 0.3 is 5.97 Å². The second kappa shape index (κ2) is 4.18. The van der Waals surface area contributed by atoms with Gasteiger partial charge in [0, 0.05) is 12.5 Å². The van der Waals surface area contributed by atoms with Crippen LogP contribution in [0.2, 0.25) is 0 Å². The van der Waals surface area contributed by atoms with E-state index in [4.69, 9.17) is 10.5 Å². The van der Waals surface area contributed by atoms with Gasteiger partial charge in [0.1, 0.15) is 5.60 Å². The van der Waals surface area contributed by atoms with Crippen molar-refractivity contribution in [3.05, 3.63) is 0 Å². The number of hydrogen-bond donors (Lipinski definition) is 2. The first-order valence-electron chi connectivity index (χ1n) is 5.05. The highest BCUT2D eigenvalue weighted by Gasteiger charge is 2.32. The van der Waals surface area contributed by atoms with Crippen molar-refractivity contribution in [1.82, 2.24) is 5.32 Å². The zero-order valence-corrected chi connectivity index (χ0v) is 9.37. The molecule has 0 aromatic carbocycles. The van der Waals surface area contributed by atoms with Crippen molar-refractivity contribution in [1.29, 1.82) is 0 Å². The van der Waals surface area contributed by atoms with Gasteiger partial charge in [0.2, 0.25) is 5.91 Å². The van der Waals surface area contributed by atoms with E-state index in [2.05, 4.69) is 5.32 Å². The molecule has 0 aromatic rings. The van der Waals surface area contributed by atoms with Gasteiger partial charge in [0.15, 0.2) is 0 Å². The smallest absolute Gasteiger partial charge is 0.308 e. The summed E-state index contributed by atoms with van der Waals surface area (Å²) in [5.74, 6) is -0.429. The van der Waals surface area contributed by atoms with Crippen LogP contribution in [0.25, 0.3) is 0 Å². The maximum absolute atomic E-state index is 11.4. The van der Waals surface area contributed by atoms with Crippen LogP contribution in [0.4, 0.5) is 0 Å². The van der Waals surface area contributed by atoms with Crippen LogP contribution in [0.1, 0.15) is 33.6 Å². The Balaban J connectivity index is 2.42. The van der Waals surface area contributed by atoms with Gasteiger partial charge in [-0.25, -0.2) is 0 Å². The fraction of sp³-hybridized carbons (Fsp3) is 0.800. The SMILES string of the molecule is CC(C)(C)OC(=O)C[C@H]1NC(=O)C[C@@H]1N. The Bertz CT molecular complexity index is 270. The predicted octanol–water partition coefficient (Wildman–Crippen LogP) is -0.0660. The summed E-state index contributed by atoms with van der Waals surface area (Å²) in [5.41, 5.74) is 5.19. The molecule has 1 saturated heterocycles. The maximum atomic E-state index is 11.4. The van der Waals surface area contributed by atoms with E-state index in [0.29, 0.717) is 0 Å². The molecule has 1 fully saturated rings. The minimum atomic E-state index is -0.496. The van der Waals surface area contributed by atoms with Crippen molar-refractivity contribution >= 4 is 11.9 Å². The molecule has 2 atom stereocenters. The number of nitrogens with one attached hydrogen (secondary N) is 1. The first-order valence-corrected chi connectivity index (χ1v) is 5.05. The molecule has 15 heavy (non-hydrogen) atoms. The lowest BCUT2D eigenvalue weighted by molar-refractivity contribution is -0.155. The van der Waals surface area contributed by atoms with Crippen molar-refractivity contribution in [2.75, 3.05) is 0 Å². The molecule has 1 heterocycles. The summed E-state index contributed by atoms with van der Waals surface area (Å²) in [6.07, 6.45) is 0.428. The molecule has 1 amide bonds. The number of rotatable bonds is 2. The minimum Gasteiger partial charge on any atom is -0.460 e. The zero-order valence-electron chi connectivity index (χ0n) is 9.37. The Morgan fingerprint density at radius 1 is 1.60 bits per heavy atom. The molecule has 1 rings (SSSR count). The van der Waals surface area contributed by atoms with E-state index in [1.807, 2.05) is 0 Å². The van der Waals surface area contributed by atoms with E-state index in [1.165, 1.54) is 0 Å². The number of nitrogens with two attached hydrogens (primary N) is 1. The number of esters is 1. The van der Waals surface area contributed by atoms with Crippen LogP contribution in [0.15, 0.2) is 0 Å². The molecule has 5 heteroatoms. The van der Waals surface area contributed by atoms with Crippen molar-refractivity contribution in [2.24, 2.45) is 5.73 Å². The Morgan fingerprint density at radius 2 is 2.20 bits per heavy atom. The fourth-order valence-electron chi connectivity index (χ4n) is 1.49. The van der Waals surface area contributed by atoms with E-state index < -0.39 is 5.60 Å². The largest absolute Gasteiger partial charge is 0.460 e. The molecule has 0 saturated carbocycles. The Hall–Kier alpha value is -1.10. The van der Waals surface area contributed by atoms with Gasteiger partial charge in [-0.3, -0.25) is 9.59 Å². The van der Waals surface area contributed by atoms with Crippen LogP contribution < -0.4 is 11.1 Å². The van der Waals surface area contributed by atoms with Crippen molar-refractivity contribution in [3.8, 4) is 0 Å². The Labute approximate surface area is 89.3 Å². The number of carbonyl (C=O) groups is 2. The summed E-state index contributed by atoms with van der Waals surface area (Å²) in [4.78, 5) is 22.4. The molecular formula is C10H18N2O3. The lowest BCUT2D eigenvalue weighted by Crippen LogP contribution is -2.40. The average Bonchev–Trinajstić information content (AvgIpc) is 2.25. The molecule has 0 bridgehead atoms. The standard InChI is InChI=1S/C10H18N2O3/c1-10(2,3)15-9(14)5-7-6(11)4-8(13)12-7/h6-7H,4-5,11H2,1-3H3,(H,12,13)/t6-,7+/m0/s1. The molecule has 0 unspecified atom stereocenters. The molecule has 0 radical (unpaired) electrons. The second-order valence-electron chi connectivity index (χ2n) is 4.83. The highest BCUT2D eigenvalue weighted by atomic mass is 16.6. The van der Waals surface area contributed by atoms with Gasteiger partial charge in [-0.2, -0.15) is 0 Å². The number of hydrogen-bond acceptors (Lipinski definition) is 4. The van der Waals surface area contributed by atoms with Gasteiger partial charge in [-0.05, 0) is 20.8 Å². The molecule has 3 N–H and O–H groups in total. The summed E-state index contributed by atoms with van der Waals surface area (Å²) in [7, 11) is 0. The van der Waals surface area contributed by atoms with Gasteiger partial charge in [0.25, 0.3) is 0 Å². The molecular weight excluding hydrogens is 196 g/mol. The number of ether oxygens (including phenoxy) is 1. The first kappa shape index (κ1) is 12.0. The predicted molar refractivity (Wildman–Crippen MR) is 55.0 cm³/mol. The molecule has 86 valence electrons. The minimum absolute atomic E-state index is 0.101. The second-order valence-corrected chi connectivity index (χ2v) is 4.83. The molecule has 5 nitrogen and oxygen atoms in total. The first-order chi connectivity index (χ1) is 6.78. The summed E-state index contributed by atoms with van der Waals surface area (Å²) in [5, 5.41) is 2.66. The van der Waals surface area contributed by atoms with E-state index in [9.17, 15) is 9.59 Å². The topological polar surface area (TPSA) is 81.4 Å². The Morgan fingerprint density at radius 3 is 2.60 bits per heavy atom. The summed E-state index contributed by atoms with van der Waals surface area (Å²) >= 11 is 0. The third-order valence-electron chi connectivity index (χ3n) is 2.09. The van der Waals surface area contributed by atoms with Gasteiger partial charge in [-0.1, -0.05) is 0 Å². The Kier molecular flexibility index (Phi) is 3.34. The van der Waals surface area contributed by atoms with Crippen LogP contribution >= 0.6 is 0 Å². The monoisotopic (exact) mass is 214 g/mol. The van der Waals surface area contributed by atoms with Crippen LogP contribution in [0, 0.1) is 0 Å². The fourth-order valence-corrected chi connectivity index (χ4v) is 1.49. The highest BCUT2D eigenvalue weighted by molar-refractivity contribution is 5.81. The van der Waals surface area contributed by atoms with E-state index in [-0.39, 0.29) is 36.8 Å². The van der Waals surface area contributed by atoms with E-state index in [1.54, 1.807) is 20.8 Å². The quantitative estimate of drug-likeness (QED) is 0.631. The summed E-state index contributed by atoms with van der Waals surface area (Å²) in [6.45, 7) is 5.41. The maximum Gasteiger partial charge on any atom is 0.308 e. The van der Waals surface area contributed by atoms with E-state index >= 15 is 0 Å². The van der Waals surface area contributed by atoms with E-state index in [0.717, 1.165) is 0 Å². The van der Waals surface area contributed by atoms with Crippen LogP contribution in [-0.4, -0.2) is 29.6 Å². The van der Waals surface area contributed by atoms with Crippen molar-refractivity contribution in [3.63, 3.8) is 0 Å². The highest BCUT2D eigenvalue weighted by Crippen LogP contribution is 2.13. The molecule has 1 aliphatic rings. The number of amides is 1.